The van der Waals surface area contributed by atoms with Crippen molar-refractivity contribution in [2.45, 2.75) is 20.8 Å². The van der Waals surface area contributed by atoms with E-state index < -0.39 is 0 Å². The molecule has 1 heterocycles. The van der Waals surface area contributed by atoms with Gasteiger partial charge in [0.05, 0.1) is 13.2 Å². The first kappa shape index (κ1) is 20.4. The molecule has 0 spiro atoms. The third-order valence-electron chi connectivity index (χ3n) is 1.55. The number of ether oxygens (including phenoxy) is 1. The van der Waals surface area contributed by atoms with E-state index in [1.54, 1.807) is 13.8 Å². The Labute approximate surface area is 114 Å². The fourth-order valence-electron chi connectivity index (χ4n) is 0.917. The number of likely N-dealkylation sites (N-methyl/N-ethyl adjacent to an activating group) is 1. The molecule has 0 bridgehead atoms. The van der Waals surface area contributed by atoms with Gasteiger partial charge in [-0.2, -0.15) is 6.92 Å². The predicted molar refractivity (Wildman–Crippen MR) is 56.7 cm³/mol. The molecule has 1 N–H and O–H groups in total. The molecule has 1 aliphatic heterocycles. The molecule has 1 radical (unpaired) electrons. The molecule has 0 amide bonds. The maximum absolute atomic E-state index is 7.57. The van der Waals surface area contributed by atoms with Gasteiger partial charge in [-0.1, -0.05) is 6.92 Å². The minimum absolute atomic E-state index is 0. The summed E-state index contributed by atoms with van der Waals surface area (Å²) in [5, 5.41) is 7.57. The molecule has 0 aliphatic carbocycles. The summed E-state index contributed by atoms with van der Waals surface area (Å²) < 4.78 is 5.16. The van der Waals surface area contributed by atoms with Crippen molar-refractivity contribution in [3.8, 4) is 0 Å². The molecule has 85 valence electrons. The van der Waals surface area contributed by atoms with Crippen LogP contribution in [0.15, 0.2) is 0 Å². The fourth-order valence-corrected chi connectivity index (χ4v) is 0.917. The fraction of sp³-hybridized carbons (Fsp3) is 0.900. The van der Waals surface area contributed by atoms with Crippen molar-refractivity contribution < 1.29 is 42.6 Å². The van der Waals surface area contributed by atoms with E-state index >= 15 is 0 Å². The Bertz CT molecular complexity index is 78.5. The molecule has 1 fully saturated rings. The number of morpholine rings is 1. The zero-order chi connectivity index (χ0) is 10.5. The zero-order valence-corrected chi connectivity index (χ0v) is 12.7. The quantitative estimate of drug-likeness (QED) is 0.732. The Morgan fingerprint density at radius 1 is 1.21 bits per heavy atom. The van der Waals surface area contributed by atoms with Crippen LogP contribution in [0.3, 0.4) is 0 Å². The summed E-state index contributed by atoms with van der Waals surface area (Å²) in [7, 11) is 0. The first-order valence-corrected chi connectivity index (χ1v) is 4.96. The van der Waals surface area contributed by atoms with E-state index in [0.717, 1.165) is 26.3 Å². The standard InChI is InChI=1S/C6H13NO.C2H6O.C2H5.Y/c1-2-7-3-5-8-6-4-7;1-2-3;1-2;/h2-6H2,1H3;3H,2H2,1H3;1H2,2H3;/q;;-1;. The Kier molecular flexibility index (Phi) is 28.5. The summed E-state index contributed by atoms with van der Waals surface area (Å²) in [6, 6.07) is 0. The Morgan fingerprint density at radius 2 is 1.57 bits per heavy atom. The van der Waals surface area contributed by atoms with Gasteiger partial charge in [0.25, 0.3) is 0 Å². The van der Waals surface area contributed by atoms with Gasteiger partial charge in [-0.3, -0.25) is 4.90 Å². The molecule has 3 nitrogen and oxygen atoms in total. The van der Waals surface area contributed by atoms with Crippen molar-refractivity contribution in [1.29, 1.82) is 0 Å². The van der Waals surface area contributed by atoms with E-state index in [1.165, 1.54) is 6.54 Å². The van der Waals surface area contributed by atoms with Gasteiger partial charge in [0.2, 0.25) is 0 Å². The molecule has 0 atom stereocenters. The monoisotopic (exact) mass is 279 g/mol. The third-order valence-corrected chi connectivity index (χ3v) is 1.55. The number of rotatable bonds is 1. The number of aliphatic hydroxyl groups is 1. The van der Waals surface area contributed by atoms with Crippen molar-refractivity contribution >= 4 is 0 Å². The number of hydrogen-bond donors (Lipinski definition) is 1. The Balaban J connectivity index is -0.000000176. The minimum Gasteiger partial charge on any atom is -0.397 e. The molecule has 1 rings (SSSR count). The van der Waals surface area contributed by atoms with Crippen molar-refractivity contribution in [1.82, 2.24) is 4.90 Å². The van der Waals surface area contributed by atoms with Crippen LogP contribution in [0, 0.1) is 6.92 Å². The van der Waals surface area contributed by atoms with Crippen LogP contribution in [0.2, 0.25) is 0 Å². The summed E-state index contributed by atoms with van der Waals surface area (Å²) in [5.74, 6) is 0. The van der Waals surface area contributed by atoms with Gasteiger partial charge < -0.3 is 16.8 Å². The minimum atomic E-state index is 0. The van der Waals surface area contributed by atoms with Crippen LogP contribution in [-0.2, 0) is 37.4 Å². The molecule has 0 aromatic rings. The number of hydrogen-bond acceptors (Lipinski definition) is 3. The maximum Gasteiger partial charge on any atom is 0.0594 e. The van der Waals surface area contributed by atoms with Crippen molar-refractivity contribution in [2.24, 2.45) is 0 Å². The van der Waals surface area contributed by atoms with Gasteiger partial charge in [0.1, 0.15) is 0 Å². The number of nitrogens with zero attached hydrogens (tertiary/aromatic N) is 1. The largest absolute Gasteiger partial charge is 0.397 e. The van der Waals surface area contributed by atoms with Crippen LogP contribution in [-0.4, -0.2) is 49.5 Å². The summed E-state index contributed by atoms with van der Waals surface area (Å²) in [6.45, 7) is 14.4. The molecule has 0 saturated carbocycles. The van der Waals surface area contributed by atoms with Crippen molar-refractivity contribution in [3.63, 3.8) is 0 Å². The van der Waals surface area contributed by atoms with Crippen LogP contribution >= 0.6 is 0 Å². The van der Waals surface area contributed by atoms with Crippen LogP contribution in [0.25, 0.3) is 0 Å². The second kappa shape index (κ2) is 19.5. The van der Waals surface area contributed by atoms with E-state index in [2.05, 4.69) is 18.7 Å². The summed E-state index contributed by atoms with van der Waals surface area (Å²) in [6.07, 6.45) is 0. The van der Waals surface area contributed by atoms with Crippen LogP contribution in [0.5, 0.6) is 0 Å². The van der Waals surface area contributed by atoms with E-state index in [-0.39, 0.29) is 39.3 Å². The smallest absolute Gasteiger partial charge is 0.0594 e. The first-order valence-electron chi connectivity index (χ1n) is 4.96. The second-order valence-corrected chi connectivity index (χ2v) is 2.36. The van der Waals surface area contributed by atoms with Crippen molar-refractivity contribution in [2.75, 3.05) is 39.5 Å². The van der Waals surface area contributed by atoms with Crippen LogP contribution in [0.1, 0.15) is 20.8 Å². The Morgan fingerprint density at radius 3 is 1.79 bits per heavy atom. The second-order valence-electron chi connectivity index (χ2n) is 2.36. The average Bonchev–Trinajstić information content (AvgIpc) is 2.23. The van der Waals surface area contributed by atoms with Gasteiger partial charge in [0.15, 0.2) is 0 Å². The van der Waals surface area contributed by atoms with E-state index in [0.29, 0.717) is 0 Å². The van der Waals surface area contributed by atoms with Crippen LogP contribution in [0.4, 0.5) is 0 Å². The number of aliphatic hydroxyl groups excluding tert-OH is 1. The first-order chi connectivity index (χ1) is 6.35. The summed E-state index contributed by atoms with van der Waals surface area (Å²) >= 11 is 0. The summed E-state index contributed by atoms with van der Waals surface area (Å²) in [5.41, 5.74) is 0. The molecular weight excluding hydrogens is 255 g/mol. The predicted octanol–water partition coefficient (Wildman–Crippen LogP) is 1.17. The molecule has 0 aromatic heterocycles. The van der Waals surface area contributed by atoms with Crippen molar-refractivity contribution in [3.05, 3.63) is 6.92 Å². The molecule has 1 saturated heterocycles. The van der Waals surface area contributed by atoms with E-state index in [1.807, 2.05) is 0 Å². The van der Waals surface area contributed by atoms with Gasteiger partial charge >= 0.3 is 0 Å². The van der Waals surface area contributed by atoms with E-state index in [9.17, 15) is 0 Å². The Hall–Kier alpha value is 0.984. The molecule has 0 unspecified atom stereocenters. The molecule has 0 aromatic carbocycles. The summed E-state index contributed by atoms with van der Waals surface area (Å²) in [4.78, 5) is 2.39. The van der Waals surface area contributed by atoms with Gasteiger partial charge in [-0.05, 0) is 13.5 Å². The van der Waals surface area contributed by atoms with Gasteiger partial charge in [0, 0.05) is 52.4 Å². The van der Waals surface area contributed by atoms with Gasteiger partial charge in [-0.25, -0.2) is 0 Å². The zero-order valence-electron chi connectivity index (χ0n) is 9.83. The maximum atomic E-state index is 7.57. The molecular formula is C10H24NO2Y-. The normalized spacial score (nSPS) is 15.2. The van der Waals surface area contributed by atoms with E-state index in [4.69, 9.17) is 9.84 Å². The SMILES string of the molecule is CCN1CCOCC1.CCO.[CH2-]C.[Y]. The third kappa shape index (κ3) is 15.5. The van der Waals surface area contributed by atoms with Crippen LogP contribution < -0.4 is 0 Å². The molecule has 1 aliphatic rings. The molecule has 4 heteroatoms. The topological polar surface area (TPSA) is 32.7 Å². The van der Waals surface area contributed by atoms with Gasteiger partial charge in [-0.15, -0.1) is 0 Å². The molecule has 14 heavy (non-hydrogen) atoms. The average molecular weight is 279 g/mol.